The Morgan fingerprint density at radius 1 is 1.32 bits per heavy atom. The maximum Gasteiger partial charge on any atom is 0.259 e. The molecule has 0 unspecified atom stereocenters. The fraction of sp³-hybridized carbons (Fsp3) is 0.417. The molecule has 0 bridgehead atoms. The lowest BCUT2D eigenvalue weighted by molar-refractivity contribution is -0.125. The molecule has 1 aliphatic carbocycles. The van der Waals surface area contributed by atoms with Gasteiger partial charge >= 0.3 is 0 Å². The molecule has 3 rings (SSSR count). The maximum atomic E-state index is 13.3. The van der Waals surface area contributed by atoms with Crippen molar-refractivity contribution >= 4 is 23.3 Å². The van der Waals surface area contributed by atoms with Gasteiger partial charge in [-0.1, -0.05) is 61.8 Å². The fourth-order valence-corrected chi connectivity index (χ4v) is 4.56. The lowest BCUT2D eigenvalue weighted by Gasteiger charge is -2.39. The van der Waals surface area contributed by atoms with Crippen LogP contribution >= 0.6 is 11.6 Å². The van der Waals surface area contributed by atoms with E-state index >= 15 is 0 Å². The Morgan fingerprint density at radius 3 is 2.65 bits per heavy atom. The highest BCUT2D eigenvalue weighted by molar-refractivity contribution is 6.33. The molecule has 0 radical (unpaired) electrons. The zero-order chi connectivity index (χ0) is 23.0. The van der Waals surface area contributed by atoms with E-state index in [1.807, 2.05) is 39.0 Å². The Bertz CT molecular complexity index is 1110. The molecule has 0 N–H and O–H groups in total. The van der Waals surface area contributed by atoms with Crippen LogP contribution in [0.4, 0.5) is 0 Å². The van der Waals surface area contributed by atoms with Crippen LogP contribution in [0.3, 0.4) is 0 Å². The fourth-order valence-electron chi connectivity index (χ4n) is 4.34. The van der Waals surface area contributed by atoms with Gasteiger partial charge < -0.3 is 9.42 Å². The number of rotatable bonds is 5. The van der Waals surface area contributed by atoms with Crippen molar-refractivity contribution in [3.05, 3.63) is 52.3 Å². The second-order valence-corrected chi connectivity index (χ2v) is 9.54. The molecule has 6 nitrogen and oxygen atoms in total. The summed E-state index contributed by atoms with van der Waals surface area (Å²) in [5, 5.41) is 13.9. The van der Waals surface area contributed by atoms with Gasteiger partial charge in [-0.3, -0.25) is 9.59 Å². The maximum absolute atomic E-state index is 13.3. The van der Waals surface area contributed by atoms with Gasteiger partial charge in [0.05, 0.1) is 10.6 Å². The molecule has 2 aromatic rings. The van der Waals surface area contributed by atoms with Gasteiger partial charge in [0.2, 0.25) is 0 Å². The summed E-state index contributed by atoms with van der Waals surface area (Å²) in [6, 6.07) is 9.21. The van der Waals surface area contributed by atoms with E-state index in [0.717, 1.165) is 0 Å². The number of nitrogens with zero attached hydrogens (tertiary/aromatic N) is 3. The van der Waals surface area contributed by atoms with E-state index in [2.05, 4.69) is 5.16 Å². The highest BCUT2D eigenvalue weighted by atomic mass is 35.5. The topological polar surface area (TPSA) is 87.2 Å². The van der Waals surface area contributed by atoms with E-state index in [-0.39, 0.29) is 22.7 Å². The molecule has 7 heteroatoms. The molecule has 0 saturated carbocycles. The third-order valence-electron chi connectivity index (χ3n) is 5.89. The normalized spacial score (nSPS) is 20.2. The second kappa shape index (κ2) is 8.32. The van der Waals surface area contributed by atoms with Crippen LogP contribution in [0, 0.1) is 29.1 Å². The Morgan fingerprint density at radius 2 is 2.00 bits per heavy atom. The zero-order valence-electron chi connectivity index (χ0n) is 18.5. The second-order valence-electron chi connectivity index (χ2n) is 9.13. The van der Waals surface area contributed by atoms with E-state index in [0.29, 0.717) is 47.0 Å². The van der Waals surface area contributed by atoms with Crippen LogP contribution in [-0.2, 0) is 4.79 Å². The lowest BCUT2D eigenvalue weighted by Crippen LogP contribution is -2.39. The quantitative estimate of drug-likeness (QED) is 0.637. The summed E-state index contributed by atoms with van der Waals surface area (Å²) in [6.07, 6.45) is 2.99. The van der Waals surface area contributed by atoms with Crippen molar-refractivity contribution < 1.29 is 14.1 Å². The van der Waals surface area contributed by atoms with E-state index < -0.39 is 5.41 Å². The molecule has 1 aromatic carbocycles. The average Bonchev–Trinajstić information content (AvgIpc) is 3.09. The first-order chi connectivity index (χ1) is 14.5. The van der Waals surface area contributed by atoms with Crippen molar-refractivity contribution in [2.45, 2.75) is 40.5 Å². The van der Waals surface area contributed by atoms with Crippen LogP contribution in [0.15, 0.2) is 40.4 Å². The van der Waals surface area contributed by atoms with Crippen molar-refractivity contribution in [1.29, 1.82) is 5.26 Å². The molecule has 162 valence electrons. The van der Waals surface area contributed by atoms with Crippen molar-refractivity contribution in [2.75, 3.05) is 13.6 Å². The Hall–Kier alpha value is -2.91. The number of Topliss-reactive ketones (excluding diaryl/α,β-unsaturated/α-hetero) is 1. The predicted molar refractivity (Wildman–Crippen MR) is 118 cm³/mol. The Balaban J connectivity index is 1.82. The van der Waals surface area contributed by atoms with E-state index in [4.69, 9.17) is 16.1 Å². The van der Waals surface area contributed by atoms with Crippen LogP contribution in [-0.4, -0.2) is 35.3 Å². The average molecular weight is 440 g/mol. The van der Waals surface area contributed by atoms with Crippen molar-refractivity contribution in [3.8, 4) is 17.3 Å². The molecule has 0 saturated heterocycles. The number of carbonyl (C=O) groups excluding carboxylic acids is 2. The number of aryl methyl sites for hydroxylation is 1. The summed E-state index contributed by atoms with van der Waals surface area (Å²) >= 11 is 6.30. The van der Waals surface area contributed by atoms with Gasteiger partial charge in [-0.05, 0) is 31.2 Å². The van der Waals surface area contributed by atoms with Gasteiger partial charge in [-0.2, -0.15) is 5.26 Å². The summed E-state index contributed by atoms with van der Waals surface area (Å²) < 4.78 is 5.32. The molecule has 1 aromatic heterocycles. The minimum absolute atomic E-state index is 0.124. The van der Waals surface area contributed by atoms with E-state index in [9.17, 15) is 14.9 Å². The van der Waals surface area contributed by atoms with Crippen LogP contribution in [0.2, 0.25) is 5.02 Å². The summed E-state index contributed by atoms with van der Waals surface area (Å²) in [7, 11) is 1.72. The molecule has 1 atom stereocenters. The van der Waals surface area contributed by atoms with Gasteiger partial charge in [-0.15, -0.1) is 0 Å². The molecule has 31 heavy (non-hydrogen) atoms. The predicted octanol–water partition coefficient (Wildman–Crippen LogP) is 5.22. The monoisotopic (exact) mass is 439 g/mol. The SMILES string of the molecule is Cc1onc(-c2ccccc2Cl)c1C(=O)N(C)CC[C@]1(C)C=C(C#N)C(=O)C(C)(C)C1. The third kappa shape index (κ3) is 4.42. The van der Waals surface area contributed by atoms with Crippen molar-refractivity contribution in [2.24, 2.45) is 10.8 Å². The lowest BCUT2D eigenvalue weighted by atomic mass is 9.64. The molecular formula is C24H26ClN3O3. The summed E-state index contributed by atoms with van der Waals surface area (Å²) in [4.78, 5) is 27.3. The van der Waals surface area contributed by atoms with Crippen LogP contribution < -0.4 is 0 Å². The minimum Gasteiger partial charge on any atom is -0.360 e. The molecule has 0 aliphatic heterocycles. The zero-order valence-corrected chi connectivity index (χ0v) is 19.2. The molecule has 1 aliphatic rings. The highest BCUT2D eigenvalue weighted by Gasteiger charge is 2.42. The van der Waals surface area contributed by atoms with Crippen LogP contribution in [0.25, 0.3) is 11.3 Å². The number of benzene rings is 1. The molecule has 1 heterocycles. The standard InChI is InChI=1S/C24H26ClN3O3/c1-15-19(20(27-31-15)17-8-6-7-9-18(17)25)22(30)28(5)11-10-24(4)12-16(13-26)21(29)23(2,3)14-24/h6-9,12H,10-11,14H2,1-5H3/t24-/m1/s1. The van der Waals surface area contributed by atoms with Gasteiger partial charge in [-0.25, -0.2) is 0 Å². The molecule has 0 spiro atoms. The minimum atomic E-state index is -0.612. The number of halogens is 1. The number of aromatic nitrogens is 1. The number of ketones is 1. The van der Waals surface area contributed by atoms with Crippen molar-refractivity contribution in [3.63, 3.8) is 0 Å². The number of hydrogen-bond donors (Lipinski definition) is 0. The van der Waals surface area contributed by atoms with Crippen molar-refractivity contribution in [1.82, 2.24) is 10.1 Å². The van der Waals surface area contributed by atoms with Gasteiger partial charge in [0, 0.05) is 24.6 Å². The Kier molecular flexibility index (Phi) is 6.11. The smallest absolute Gasteiger partial charge is 0.259 e. The summed E-state index contributed by atoms with van der Waals surface area (Å²) in [6.45, 7) is 7.90. The number of amides is 1. The van der Waals surface area contributed by atoms with Crippen LogP contribution in [0.1, 0.15) is 49.7 Å². The first kappa shape index (κ1) is 22.8. The Labute approximate surface area is 187 Å². The van der Waals surface area contributed by atoms with Gasteiger partial charge in [0.25, 0.3) is 5.91 Å². The number of allylic oxidation sites excluding steroid dienone is 2. The summed E-state index contributed by atoms with van der Waals surface area (Å²) in [5.41, 5.74) is 0.656. The van der Waals surface area contributed by atoms with Gasteiger partial charge in [0.15, 0.2) is 5.78 Å². The molecule has 1 amide bonds. The van der Waals surface area contributed by atoms with Gasteiger partial charge in [0.1, 0.15) is 23.1 Å². The van der Waals surface area contributed by atoms with E-state index in [1.165, 1.54) is 0 Å². The number of nitriles is 1. The third-order valence-corrected chi connectivity index (χ3v) is 6.22. The largest absolute Gasteiger partial charge is 0.360 e. The first-order valence-corrected chi connectivity index (χ1v) is 10.5. The van der Waals surface area contributed by atoms with Crippen LogP contribution in [0.5, 0.6) is 0 Å². The number of hydrogen-bond acceptors (Lipinski definition) is 5. The number of carbonyl (C=O) groups is 2. The molecular weight excluding hydrogens is 414 g/mol. The molecule has 0 fully saturated rings. The highest BCUT2D eigenvalue weighted by Crippen LogP contribution is 2.44. The van der Waals surface area contributed by atoms with E-state index in [1.54, 1.807) is 37.1 Å². The first-order valence-electron chi connectivity index (χ1n) is 10.1. The summed E-state index contributed by atoms with van der Waals surface area (Å²) in [5.74, 6) is 0.0864.